The molecule has 0 unspecified atom stereocenters. The Morgan fingerprint density at radius 3 is 2.70 bits per heavy atom. The molecule has 0 aliphatic carbocycles. The van der Waals surface area contributed by atoms with Crippen LogP contribution in [0.2, 0.25) is 0 Å². The van der Waals surface area contributed by atoms with Gasteiger partial charge in [0.25, 0.3) is 0 Å². The molecule has 0 radical (unpaired) electrons. The summed E-state index contributed by atoms with van der Waals surface area (Å²) < 4.78 is 5.75. The van der Waals surface area contributed by atoms with Gasteiger partial charge < -0.3 is 14.5 Å². The lowest BCUT2D eigenvalue weighted by Crippen LogP contribution is -2.51. The van der Waals surface area contributed by atoms with E-state index in [4.69, 9.17) is 4.74 Å². The molecule has 2 atom stereocenters. The van der Waals surface area contributed by atoms with Crippen LogP contribution in [0.5, 0.6) is 5.75 Å². The van der Waals surface area contributed by atoms with Gasteiger partial charge in [-0.1, -0.05) is 51.0 Å². The number of anilines is 1. The Balaban J connectivity index is 1.33. The summed E-state index contributed by atoms with van der Waals surface area (Å²) in [5, 5.41) is 0. The molecule has 8 nitrogen and oxygen atoms in total. The summed E-state index contributed by atoms with van der Waals surface area (Å²) in [6, 6.07) is 15.0. The van der Waals surface area contributed by atoms with Gasteiger partial charge in [0.05, 0.1) is 13.2 Å². The second-order valence-corrected chi connectivity index (χ2v) is 12.4. The number of nitrogens with zero attached hydrogens (tertiary/aromatic N) is 4. The van der Waals surface area contributed by atoms with Crippen LogP contribution < -0.4 is 9.64 Å². The number of likely N-dealkylation sites (tertiary alicyclic amines) is 1. The fraction of sp³-hybridized carbons (Fsp3) is 0.571. The summed E-state index contributed by atoms with van der Waals surface area (Å²) in [5.74, 6) is 1.31. The summed E-state index contributed by atoms with van der Waals surface area (Å²) in [7, 11) is 1.56. The second kappa shape index (κ2) is 14.4. The van der Waals surface area contributed by atoms with Crippen LogP contribution in [0.25, 0.3) is 0 Å². The lowest BCUT2D eigenvalue weighted by Gasteiger charge is -2.34. The van der Waals surface area contributed by atoms with E-state index in [1.807, 2.05) is 4.90 Å². The zero-order valence-corrected chi connectivity index (χ0v) is 26.2. The lowest BCUT2D eigenvalue weighted by atomic mass is 9.93. The number of carbonyl (C=O) groups excluding carboxylic acids is 3. The summed E-state index contributed by atoms with van der Waals surface area (Å²) in [5.41, 5.74) is 4.84. The molecule has 0 N–H and O–H groups in total. The zero-order valence-electron chi connectivity index (χ0n) is 26.2. The predicted molar refractivity (Wildman–Crippen MR) is 170 cm³/mol. The van der Waals surface area contributed by atoms with E-state index in [0.29, 0.717) is 38.5 Å². The lowest BCUT2D eigenvalue weighted by molar-refractivity contribution is -0.129. The third-order valence-corrected chi connectivity index (χ3v) is 9.39. The number of hydrogen-bond acceptors (Lipinski definition) is 5. The number of carbonyl (C=O) groups is 3. The summed E-state index contributed by atoms with van der Waals surface area (Å²) in [6.45, 7) is 8.01. The van der Waals surface area contributed by atoms with E-state index >= 15 is 0 Å². The van der Waals surface area contributed by atoms with Gasteiger partial charge in [-0.3, -0.25) is 19.4 Å². The first-order valence-corrected chi connectivity index (χ1v) is 16.3. The number of unbranched alkanes of at least 4 members (excludes halogenated alkanes) is 2. The van der Waals surface area contributed by atoms with Gasteiger partial charge in [-0.2, -0.15) is 0 Å². The molecule has 3 heterocycles. The SMILES string of the molecule is CCCCc1cccc(N(CCCC)C(=O)CN2C[C@H](c3ccc4c(c3)CCO4)C[C@@H]2CCN2CCC(=O)N(C)C2=O)c1. The molecule has 0 bridgehead atoms. The van der Waals surface area contributed by atoms with Crippen molar-refractivity contribution in [1.82, 2.24) is 14.7 Å². The average Bonchev–Trinajstić information content (AvgIpc) is 3.65. The van der Waals surface area contributed by atoms with Crippen molar-refractivity contribution in [3.05, 3.63) is 59.2 Å². The Bertz CT molecular complexity index is 1300. The molecule has 3 aliphatic rings. The van der Waals surface area contributed by atoms with Crippen molar-refractivity contribution in [3.8, 4) is 5.75 Å². The summed E-state index contributed by atoms with van der Waals surface area (Å²) >= 11 is 0. The van der Waals surface area contributed by atoms with Crippen molar-refractivity contribution in [2.45, 2.75) is 83.6 Å². The molecule has 2 saturated heterocycles. The predicted octanol–water partition coefficient (Wildman–Crippen LogP) is 5.63. The molecule has 2 fully saturated rings. The van der Waals surface area contributed by atoms with Gasteiger partial charge in [0.15, 0.2) is 0 Å². The zero-order chi connectivity index (χ0) is 30.3. The maximum Gasteiger partial charge on any atom is 0.326 e. The molecule has 0 saturated carbocycles. The highest BCUT2D eigenvalue weighted by atomic mass is 16.5. The maximum absolute atomic E-state index is 14.1. The minimum absolute atomic E-state index is 0.124. The van der Waals surface area contributed by atoms with Crippen LogP contribution >= 0.6 is 0 Å². The van der Waals surface area contributed by atoms with Crippen LogP contribution in [0.3, 0.4) is 0 Å². The molecule has 2 aromatic carbocycles. The van der Waals surface area contributed by atoms with E-state index < -0.39 is 0 Å². The Kier molecular flexibility index (Phi) is 10.4. The van der Waals surface area contributed by atoms with E-state index in [9.17, 15) is 14.4 Å². The minimum atomic E-state index is -0.222. The first-order valence-electron chi connectivity index (χ1n) is 16.3. The molecule has 8 heteroatoms. The molecule has 3 aliphatic heterocycles. The molecule has 4 amide bonds. The van der Waals surface area contributed by atoms with Crippen LogP contribution in [0.1, 0.15) is 81.4 Å². The minimum Gasteiger partial charge on any atom is -0.493 e. The van der Waals surface area contributed by atoms with Gasteiger partial charge in [0, 0.05) is 57.8 Å². The van der Waals surface area contributed by atoms with Crippen molar-refractivity contribution in [2.24, 2.45) is 0 Å². The van der Waals surface area contributed by atoms with Crippen molar-refractivity contribution in [2.75, 3.05) is 51.3 Å². The van der Waals surface area contributed by atoms with Crippen molar-refractivity contribution >= 4 is 23.5 Å². The fourth-order valence-corrected chi connectivity index (χ4v) is 6.74. The smallest absolute Gasteiger partial charge is 0.326 e. The Morgan fingerprint density at radius 2 is 1.88 bits per heavy atom. The maximum atomic E-state index is 14.1. The van der Waals surface area contributed by atoms with Gasteiger partial charge in [0.1, 0.15) is 5.75 Å². The highest BCUT2D eigenvalue weighted by Crippen LogP contribution is 2.37. The monoisotopic (exact) mass is 588 g/mol. The molecule has 0 aromatic heterocycles. The standard InChI is InChI=1S/C35H48N4O4/c1-4-6-9-26-10-8-11-31(21-26)39(17-7-5-2)34(41)25-38-24-29(27-12-13-32-28(22-27)16-20-43-32)23-30(38)14-18-37-19-15-33(40)36(3)35(37)42/h8,10-13,21-22,29-30H,4-7,9,14-20,23-25H2,1-3H3/t29-,30+/m1/s1. The average molecular weight is 589 g/mol. The molecular formula is C35H48N4O4. The quantitative estimate of drug-likeness (QED) is 0.303. The third kappa shape index (κ3) is 7.40. The van der Waals surface area contributed by atoms with Gasteiger partial charge in [-0.15, -0.1) is 0 Å². The number of amides is 4. The molecule has 43 heavy (non-hydrogen) atoms. The summed E-state index contributed by atoms with van der Waals surface area (Å²) in [4.78, 5) is 46.2. The van der Waals surface area contributed by atoms with E-state index in [0.717, 1.165) is 76.0 Å². The number of benzene rings is 2. The number of ether oxygens (including phenoxy) is 1. The van der Waals surface area contributed by atoms with Crippen LogP contribution in [0.4, 0.5) is 10.5 Å². The first kappa shape index (κ1) is 31.0. The molecule has 232 valence electrons. The van der Waals surface area contributed by atoms with Gasteiger partial charge >= 0.3 is 6.03 Å². The largest absolute Gasteiger partial charge is 0.493 e. The van der Waals surface area contributed by atoms with E-state index in [2.05, 4.69) is 61.2 Å². The normalized spacial score (nSPS) is 20.4. The topological polar surface area (TPSA) is 73.4 Å². The molecule has 0 spiro atoms. The van der Waals surface area contributed by atoms with Crippen LogP contribution in [-0.4, -0.2) is 85.0 Å². The summed E-state index contributed by atoms with van der Waals surface area (Å²) in [6.07, 6.45) is 8.30. The molecule has 2 aromatic rings. The third-order valence-electron chi connectivity index (χ3n) is 9.39. The first-order chi connectivity index (χ1) is 20.9. The van der Waals surface area contributed by atoms with Crippen LogP contribution in [-0.2, 0) is 22.4 Å². The van der Waals surface area contributed by atoms with Crippen molar-refractivity contribution in [1.29, 1.82) is 0 Å². The van der Waals surface area contributed by atoms with Gasteiger partial charge in [0.2, 0.25) is 11.8 Å². The highest BCUT2D eigenvalue weighted by molar-refractivity contribution is 5.96. The Labute approximate surface area is 257 Å². The number of imide groups is 1. The Morgan fingerprint density at radius 1 is 1.05 bits per heavy atom. The van der Waals surface area contributed by atoms with Crippen molar-refractivity contribution < 1.29 is 19.1 Å². The number of rotatable bonds is 13. The highest BCUT2D eigenvalue weighted by Gasteiger charge is 2.37. The van der Waals surface area contributed by atoms with Gasteiger partial charge in [-0.05, 0) is 72.9 Å². The number of aryl methyl sites for hydroxylation is 1. The van der Waals surface area contributed by atoms with E-state index in [1.165, 1.54) is 21.6 Å². The van der Waals surface area contributed by atoms with E-state index in [-0.39, 0.29) is 23.9 Å². The number of hydrogen-bond donors (Lipinski definition) is 0. The van der Waals surface area contributed by atoms with Gasteiger partial charge in [-0.25, -0.2) is 4.79 Å². The number of fused-ring (bicyclic) bond motifs is 1. The number of urea groups is 1. The molecule has 5 rings (SSSR count). The van der Waals surface area contributed by atoms with E-state index in [1.54, 1.807) is 11.9 Å². The fourth-order valence-electron chi connectivity index (χ4n) is 6.74. The van der Waals surface area contributed by atoms with Crippen LogP contribution in [0.15, 0.2) is 42.5 Å². The van der Waals surface area contributed by atoms with Crippen molar-refractivity contribution in [3.63, 3.8) is 0 Å². The molecular weight excluding hydrogens is 540 g/mol. The van der Waals surface area contributed by atoms with Crippen LogP contribution in [0, 0.1) is 0 Å². The Hall–Kier alpha value is -3.39. The second-order valence-electron chi connectivity index (χ2n) is 12.4.